The van der Waals surface area contributed by atoms with Gasteiger partial charge in [-0.3, -0.25) is 4.79 Å². The van der Waals surface area contributed by atoms with Gasteiger partial charge in [0.1, 0.15) is 6.26 Å². The summed E-state index contributed by atoms with van der Waals surface area (Å²) in [5.74, 6) is -2.42. The number of aliphatic carboxylic acids is 1. The molecule has 3 heterocycles. The van der Waals surface area contributed by atoms with Crippen molar-refractivity contribution in [1.82, 2.24) is 14.8 Å². The van der Waals surface area contributed by atoms with Gasteiger partial charge in [-0.25, -0.2) is 9.78 Å². The summed E-state index contributed by atoms with van der Waals surface area (Å²) >= 11 is 0. The van der Waals surface area contributed by atoms with Gasteiger partial charge in [-0.2, -0.15) is 13.2 Å². The maximum Gasteiger partial charge on any atom is 0.490 e. The lowest BCUT2D eigenvalue weighted by atomic mass is 10.1. The highest BCUT2D eigenvalue weighted by Crippen LogP contribution is 2.24. The second kappa shape index (κ2) is 8.49. The molecule has 0 unspecified atom stereocenters. The molecule has 11 heteroatoms. The van der Waals surface area contributed by atoms with Gasteiger partial charge in [0.15, 0.2) is 12.1 Å². The highest BCUT2D eigenvalue weighted by Gasteiger charge is 2.39. The van der Waals surface area contributed by atoms with Crippen LogP contribution in [-0.2, 0) is 9.53 Å². The Balaban J connectivity index is 0.000000298. The van der Waals surface area contributed by atoms with E-state index in [1.165, 1.54) is 12.7 Å². The van der Waals surface area contributed by atoms with Gasteiger partial charge >= 0.3 is 12.1 Å². The van der Waals surface area contributed by atoms with Crippen molar-refractivity contribution in [2.45, 2.75) is 19.2 Å². The molecular weight excluding hydrogens is 359 g/mol. The third-order valence-corrected chi connectivity index (χ3v) is 4.24. The summed E-state index contributed by atoms with van der Waals surface area (Å²) in [6.07, 6.45) is -2.24. The van der Waals surface area contributed by atoms with Gasteiger partial charge in [-0.15, -0.1) is 0 Å². The molecule has 26 heavy (non-hydrogen) atoms. The summed E-state index contributed by atoms with van der Waals surface area (Å²) < 4.78 is 42.5. The van der Waals surface area contributed by atoms with E-state index in [-0.39, 0.29) is 12.0 Å². The second-order valence-corrected chi connectivity index (χ2v) is 5.95. The third-order valence-electron chi connectivity index (χ3n) is 4.24. The van der Waals surface area contributed by atoms with E-state index in [1.807, 2.05) is 4.90 Å². The maximum atomic E-state index is 12.2. The number of carboxylic acids is 1. The van der Waals surface area contributed by atoms with Gasteiger partial charge in [0.2, 0.25) is 0 Å². The lowest BCUT2D eigenvalue weighted by molar-refractivity contribution is -0.192. The highest BCUT2D eigenvalue weighted by molar-refractivity contribution is 5.92. The lowest BCUT2D eigenvalue weighted by Gasteiger charge is -2.21. The molecule has 2 aliphatic rings. The third kappa shape index (κ3) is 5.18. The number of nitrogens with zero attached hydrogens (tertiary/aromatic N) is 3. The largest absolute Gasteiger partial charge is 0.490 e. The zero-order chi connectivity index (χ0) is 19.3. The summed E-state index contributed by atoms with van der Waals surface area (Å²) in [5.41, 5.74) is 0.379. The molecule has 2 atom stereocenters. The van der Waals surface area contributed by atoms with E-state index in [0.29, 0.717) is 18.2 Å². The van der Waals surface area contributed by atoms with Crippen molar-refractivity contribution in [3.8, 4) is 0 Å². The molecule has 146 valence electrons. The van der Waals surface area contributed by atoms with Crippen molar-refractivity contribution >= 4 is 11.9 Å². The number of aromatic nitrogens is 1. The number of hydrogen-bond donors (Lipinski definition) is 1. The molecule has 0 aromatic carbocycles. The van der Waals surface area contributed by atoms with E-state index in [4.69, 9.17) is 19.1 Å². The van der Waals surface area contributed by atoms with Crippen molar-refractivity contribution in [3.05, 3.63) is 18.4 Å². The van der Waals surface area contributed by atoms with E-state index < -0.39 is 12.1 Å². The standard InChI is InChI=1S/C13H19N3O3.C2HF3O2/c1-2-15-3-4-19-12-7-16(6-10(12)5-15)13(17)11-8-18-9-14-11;3-2(4,5)1(6)7/h8-10,12H,2-7H2,1H3;(H,6,7)/t10-,12+;/m0./s1. The topological polar surface area (TPSA) is 96.1 Å². The SMILES string of the molecule is CCN1CCO[C@@H]2CN(C(=O)c3cocn3)C[C@@H]2C1.O=C(O)C(F)(F)F. The molecule has 3 rings (SSSR count). The highest BCUT2D eigenvalue weighted by atomic mass is 19.4. The van der Waals surface area contributed by atoms with Gasteiger partial charge in [0.25, 0.3) is 5.91 Å². The molecule has 8 nitrogen and oxygen atoms in total. The normalized spacial score (nSPS) is 23.6. The number of amides is 1. The van der Waals surface area contributed by atoms with E-state index in [0.717, 1.165) is 32.8 Å². The first kappa shape index (κ1) is 20.2. The summed E-state index contributed by atoms with van der Waals surface area (Å²) in [6, 6.07) is 0. The zero-order valence-electron chi connectivity index (χ0n) is 14.1. The monoisotopic (exact) mass is 379 g/mol. The summed E-state index contributed by atoms with van der Waals surface area (Å²) in [6.45, 7) is 7.34. The van der Waals surface area contributed by atoms with Crippen LogP contribution in [0.2, 0.25) is 0 Å². The Hall–Kier alpha value is -2.14. The maximum absolute atomic E-state index is 12.2. The number of likely N-dealkylation sites (tertiary alicyclic amines) is 1. The molecule has 2 saturated heterocycles. The van der Waals surface area contributed by atoms with E-state index >= 15 is 0 Å². The number of carboxylic acid groups (broad SMARTS) is 1. The first-order valence-electron chi connectivity index (χ1n) is 8.03. The minimum absolute atomic E-state index is 0.0616. The molecule has 1 amide bonds. The van der Waals surface area contributed by atoms with Crippen LogP contribution in [0, 0.1) is 5.92 Å². The molecule has 0 saturated carbocycles. The van der Waals surface area contributed by atoms with Crippen LogP contribution in [0.1, 0.15) is 17.4 Å². The summed E-state index contributed by atoms with van der Waals surface area (Å²) in [5, 5.41) is 7.12. The number of rotatable bonds is 2. The number of alkyl halides is 3. The van der Waals surface area contributed by atoms with Crippen LogP contribution in [0.5, 0.6) is 0 Å². The fourth-order valence-corrected chi connectivity index (χ4v) is 2.89. The molecular formula is C15H20F3N3O5. The molecule has 0 aliphatic carbocycles. The van der Waals surface area contributed by atoms with Gasteiger partial charge in [0, 0.05) is 32.1 Å². The van der Waals surface area contributed by atoms with E-state index in [9.17, 15) is 18.0 Å². The van der Waals surface area contributed by atoms with Crippen LogP contribution < -0.4 is 0 Å². The summed E-state index contributed by atoms with van der Waals surface area (Å²) in [4.78, 5) is 29.2. The molecule has 1 aromatic rings. The van der Waals surface area contributed by atoms with Crippen molar-refractivity contribution in [3.63, 3.8) is 0 Å². The van der Waals surface area contributed by atoms with Gasteiger partial charge in [0.05, 0.1) is 12.7 Å². The van der Waals surface area contributed by atoms with Gasteiger partial charge in [-0.05, 0) is 6.54 Å². The number of halogens is 3. The second-order valence-electron chi connectivity index (χ2n) is 5.95. The molecule has 1 N–H and O–H groups in total. The Morgan fingerprint density at radius 3 is 2.58 bits per heavy atom. The molecule has 2 fully saturated rings. The smallest absolute Gasteiger partial charge is 0.475 e. The van der Waals surface area contributed by atoms with Crippen LogP contribution in [0.15, 0.2) is 17.1 Å². The molecule has 0 bridgehead atoms. The lowest BCUT2D eigenvalue weighted by Crippen LogP contribution is -2.33. The quantitative estimate of drug-likeness (QED) is 0.822. The zero-order valence-corrected chi connectivity index (χ0v) is 14.1. The molecule has 1 aromatic heterocycles. The minimum Gasteiger partial charge on any atom is -0.475 e. The number of carbonyl (C=O) groups excluding carboxylic acids is 1. The average Bonchev–Trinajstić information content (AvgIpc) is 3.20. The number of ether oxygens (including phenoxy) is 1. The number of likely N-dealkylation sites (N-methyl/N-ethyl adjacent to an activating group) is 1. The summed E-state index contributed by atoms with van der Waals surface area (Å²) in [7, 11) is 0. The first-order valence-corrected chi connectivity index (χ1v) is 8.03. The minimum atomic E-state index is -5.08. The van der Waals surface area contributed by atoms with Crippen molar-refractivity contribution in [2.75, 3.05) is 39.3 Å². The van der Waals surface area contributed by atoms with Crippen molar-refractivity contribution in [1.29, 1.82) is 0 Å². The Morgan fingerprint density at radius 1 is 1.35 bits per heavy atom. The number of hydrogen-bond acceptors (Lipinski definition) is 6. The average molecular weight is 379 g/mol. The Labute approximate surface area is 147 Å². The fourth-order valence-electron chi connectivity index (χ4n) is 2.89. The number of carbonyl (C=O) groups is 2. The van der Waals surface area contributed by atoms with Crippen LogP contribution in [-0.4, -0.2) is 83.4 Å². The van der Waals surface area contributed by atoms with Crippen molar-refractivity contribution in [2.24, 2.45) is 5.92 Å². The molecule has 0 spiro atoms. The van der Waals surface area contributed by atoms with Crippen LogP contribution in [0.3, 0.4) is 0 Å². The van der Waals surface area contributed by atoms with E-state index in [2.05, 4.69) is 16.8 Å². The predicted molar refractivity (Wildman–Crippen MR) is 81.4 cm³/mol. The fraction of sp³-hybridized carbons (Fsp3) is 0.667. The molecule has 0 radical (unpaired) electrons. The van der Waals surface area contributed by atoms with Crippen LogP contribution in [0.4, 0.5) is 13.2 Å². The Kier molecular flexibility index (Phi) is 6.59. The van der Waals surface area contributed by atoms with Crippen LogP contribution >= 0.6 is 0 Å². The van der Waals surface area contributed by atoms with Crippen LogP contribution in [0.25, 0.3) is 0 Å². The number of oxazole rings is 1. The predicted octanol–water partition coefficient (Wildman–Crippen LogP) is 1.10. The molecule has 2 aliphatic heterocycles. The Bertz CT molecular complexity index is 608. The van der Waals surface area contributed by atoms with E-state index in [1.54, 1.807) is 0 Å². The van der Waals surface area contributed by atoms with Crippen molar-refractivity contribution < 1.29 is 37.0 Å². The van der Waals surface area contributed by atoms with Gasteiger partial charge < -0.3 is 24.1 Å². The first-order chi connectivity index (χ1) is 12.2. The van der Waals surface area contributed by atoms with Gasteiger partial charge in [-0.1, -0.05) is 6.92 Å². The Morgan fingerprint density at radius 2 is 2.04 bits per heavy atom. The number of fused-ring (bicyclic) bond motifs is 1.